The molecule has 0 aromatic heterocycles. The number of hydrogen-bond acceptors (Lipinski definition) is 8. The van der Waals surface area contributed by atoms with E-state index in [-0.39, 0.29) is 35.7 Å². The van der Waals surface area contributed by atoms with Crippen LogP contribution >= 0.6 is 0 Å². The van der Waals surface area contributed by atoms with Crippen molar-refractivity contribution >= 4 is 23.4 Å². The summed E-state index contributed by atoms with van der Waals surface area (Å²) in [5.41, 5.74) is 7.88. The van der Waals surface area contributed by atoms with Crippen LogP contribution in [0.3, 0.4) is 0 Å². The minimum absolute atomic E-state index is 0.00405. The molecule has 1 saturated carbocycles. The monoisotopic (exact) mass is 632 g/mol. The second-order valence-electron chi connectivity index (χ2n) is 11.9. The number of hydrogen-bond donors (Lipinski definition) is 5. The number of allylic oxidation sites excluding steroid dienone is 2. The van der Waals surface area contributed by atoms with Crippen molar-refractivity contribution in [1.29, 1.82) is 0 Å². The Kier molecular flexibility index (Phi) is 11.9. The molecule has 1 aliphatic heterocycles. The Bertz CT molecular complexity index is 1530. The fraction of sp³-hybridized carbons (Fsp3) is 0.457. The lowest BCUT2D eigenvalue weighted by molar-refractivity contribution is -0.137. The lowest BCUT2D eigenvalue weighted by Gasteiger charge is -2.32. The number of aliphatic imine (C=N–C) groups is 1. The third-order valence-corrected chi connectivity index (χ3v) is 8.50. The third-order valence-electron chi connectivity index (χ3n) is 8.50. The van der Waals surface area contributed by atoms with E-state index in [2.05, 4.69) is 27.7 Å². The number of benzene rings is 2. The van der Waals surface area contributed by atoms with Gasteiger partial charge in [-0.2, -0.15) is 0 Å². The van der Waals surface area contributed by atoms with Crippen molar-refractivity contribution in [3.05, 3.63) is 53.6 Å². The number of aromatic hydroxyl groups is 1. The fourth-order valence-corrected chi connectivity index (χ4v) is 6.30. The molecule has 0 amide bonds. The van der Waals surface area contributed by atoms with Crippen molar-refractivity contribution in [2.45, 2.75) is 63.4 Å². The molecule has 2 bridgehead atoms. The van der Waals surface area contributed by atoms with Crippen LogP contribution in [0.25, 0.3) is 0 Å². The summed E-state index contributed by atoms with van der Waals surface area (Å²) >= 11 is 0. The highest BCUT2D eigenvalue weighted by Crippen LogP contribution is 2.48. The molecule has 4 rings (SSSR count). The van der Waals surface area contributed by atoms with Crippen LogP contribution in [0.4, 0.5) is 5.69 Å². The fourth-order valence-electron chi connectivity index (χ4n) is 6.30. The van der Waals surface area contributed by atoms with Gasteiger partial charge in [-0.05, 0) is 98.9 Å². The number of nitrogens with zero attached hydrogens (tertiary/aromatic N) is 1. The number of methoxy groups -OCH3 is 1. The standard InChI is InChI=1S/C35H44N4O7/c1-37-22-35-20-25(26(21-35)12-15-32(42)43)8-6-16-45-33-28(39-34(36)38-2)17-24(19-31(33)46-35)7-4-5-9-27(40)13-10-23-11-14-29(41)30(18-23)44-3/h5,9,11,14,17-19,25-26,37,41H,4,7-8,10,12-13,15,20-22H2,1-3H3,(H,42,43)(H3,36,38,39). The summed E-state index contributed by atoms with van der Waals surface area (Å²) in [6.07, 6.45) is 11.1. The van der Waals surface area contributed by atoms with Crippen LogP contribution in [0.5, 0.6) is 23.0 Å². The summed E-state index contributed by atoms with van der Waals surface area (Å²) in [6, 6.07) is 8.93. The molecule has 2 aromatic rings. The summed E-state index contributed by atoms with van der Waals surface area (Å²) in [6.45, 7) is 0.577. The van der Waals surface area contributed by atoms with E-state index in [1.54, 1.807) is 31.3 Å². The molecule has 11 heteroatoms. The summed E-state index contributed by atoms with van der Waals surface area (Å²) in [4.78, 5) is 28.0. The van der Waals surface area contributed by atoms with E-state index in [1.165, 1.54) is 7.11 Å². The van der Waals surface area contributed by atoms with Gasteiger partial charge in [-0.25, -0.2) is 0 Å². The van der Waals surface area contributed by atoms with Crippen LogP contribution < -0.4 is 30.6 Å². The molecule has 1 fully saturated rings. The summed E-state index contributed by atoms with van der Waals surface area (Å²) < 4.78 is 18.0. The van der Waals surface area contributed by atoms with Gasteiger partial charge in [0.05, 0.1) is 12.8 Å². The van der Waals surface area contributed by atoms with Crippen LogP contribution in [0.1, 0.15) is 56.1 Å². The number of phenolic OH excluding ortho intramolecular Hbond substituents is 1. The summed E-state index contributed by atoms with van der Waals surface area (Å²) in [5, 5.41) is 25.5. The Morgan fingerprint density at radius 1 is 1.20 bits per heavy atom. The molecule has 6 N–H and O–H groups in total. The van der Waals surface area contributed by atoms with Gasteiger partial charge in [0.1, 0.15) is 11.7 Å². The predicted molar refractivity (Wildman–Crippen MR) is 176 cm³/mol. The van der Waals surface area contributed by atoms with E-state index in [4.69, 9.17) is 19.9 Å². The van der Waals surface area contributed by atoms with E-state index in [0.717, 1.165) is 17.5 Å². The highest BCUT2D eigenvalue weighted by atomic mass is 16.5. The van der Waals surface area contributed by atoms with E-state index in [1.807, 2.05) is 25.3 Å². The van der Waals surface area contributed by atoms with Gasteiger partial charge in [0.2, 0.25) is 5.75 Å². The average molecular weight is 633 g/mol. The molecular weight excluding hydrogens is 588 g/mol. The van der Waals surface area contributed by atoms with Gasteiger partial charge in [0.15, 0.2) is 29.0 Å². The quantitative estimate of drug-likeness (QED) is 0.0872. The number of phenols is 1. The van der Waals surface area contributed by atoms with Crippen LogP contribution in [-0.2, 0) is 22.4 Å². The zero-order valence-electron chi connectivity index (χ0n) is 26.7. The molecule has 0 spiro atoms. The maximum atomic E-state index is 12.6. The number of aryl methyl sites for hydroxylation is 2. The minimum Gasteiger partial charge on any atom is -0.504 e. The van der Waals surface area contributed by atoms with Gasteiger partial charge in [-0.3, -0.25) is 14.6 Å². The lowest BCUT2D eigenvalue weighted by atomic mass is 9.89. The zero-order chi connectivity index (χ0) is 33.1. The number of ketones is 1. The highest BCUT2D eigenvalue weighted by molar-refractivity contribution is 5.94. The Labute approximate surface area is 270 Å². The van der Waals surface area contributed by atoms with Crippen molar-refractivity contribution in [3.63, 3.8) is 0 Å². The number of carbonyl (C=O) groups excluding carboxylic acids is 1. The first kappa shape index (κ1) is 34.2. The maximum absolute atomic E-state index is 12.6. The molecular formula is C35H44N4O7. The molecule has 1 heterocycles. The van der Waals surface area contributed by atoms with Gasteiger partial charge < -0.3 is 40.8 Å². The Balaban J connectivity index is 1.52. The first-order chi connectivity index (χ1) is 22.1. The van der Waals surface area contributed by atoms with Gasteiger partial charge in [0.25, 0.3) is 0 Å². The maximum Gasteiger partial charge on any atom is 0.303 e. The van der Waals surface area contributed by atoms with Gasteiger partial charge in [-0.15, -0.1) is 0 Å². The SMILES string of the molecule is CN=C(N)Nc1cc(CCC=CC(=O)CCc2ccc(O)c(OC)c2)cc2c1OC#CCC1CC(CNC)(CC1CCC(=O)O)O2. The van der Waals surface area contributed by atoms with Gasteiger partial charge >= 0.3 is 5.97 Å². The smallest absolute Gasteiger partial charge is 0.303 e. The van der Waals surface area contributed by atoms with Crippen molar-refractivity contribution < 1.29 is 34.0 Å². The Hall–Kier alpha value is -4.69. The number of carboxylic acids is 1. The number of nitrogens with two attached hydrogens (primary N) is 1. The number of nitrogens with one attached hydrogen (secondary N) is 2. The zero-order valence-corrected chi connectivity index (χ0v) is 26.7. The van der Waals surface area contributed by atoms with Crippen molar-refractivity contribution in [1.82, 2.24) is 5.32 Å². The highest BCUT2D eigenvalue weighted by Gasteiger charge is 2.47. The minimum atomic E-state index is -0.806. The number of carbonyl (C=O) groups is 2. The van der Waals surface area contributed by atoms with Crippen LogP contribution in [-0.4, -0.2) is 61.3 Å². The molecule has 11 nitrogen and oxygen atoms in total. The molecule has 3 atom stereocenters. The third kappa shape index (κ3) is 9.17. The molecule has 246 valence electrons. The summed E-state index contributed by atoms with van der Waals surface area (Å²) in [5.74, 6) is 4.25. The molecule has 0 saturated heterocycles. The van der Waals surface area contributed by atoms with Gasteiger partial charge in [0, 0.05) is 32.9 Å². The Morgan fingerprint density at radius 3 is 2.76 bits per heavy atom. The molecule has 3 unspecified atom stereocenters. The van der Waals surface area contributed by atoms with E-state index in [0.29, 0.717) is 74.4 Å². The molecule has 2 aromatic carbocycles. The number of fused-ring (bicyclic) bond motifs is 3. The first-order valence-corrected chi connectivity index (χ1v) is 15.6. The number of anilines is 1. The van der Waals surface area contributed by atoms with E-state index >= 15 is 0 Å². The van der Waals surface area contributed by atoms with Gasteiger partial charge in [-0.1, -0.05) is 18.1 Å². The number of guanidine groups is 1. The topological polar surface area (TPSA) is 165 Å². The van der Waals surface area contributed by atoms with E-state index < -0.39 is 11.6 Å². The number of aliphatic carboxylic acids is 1. The number of ether oxygens (including phenoxy) is 3. The number of likely N-dealkylation sites (N-methyl/N-ethyl adjacent to an activating group) is 1. The number of carboxylic acid groups (broad SMARTS) is 1. The molecule has 2 aliphatic rings. The molecule has 0 radical (unpaired) electrons. The Morgan fingerprint density at radius 2 is 2.02 bits per heavy atom. The average Bonchev–Trinajstić information content (AvgIpc) is 3.36. The molecule has 46 heavy (non-hydrogen) atoms. The second-order valence-corrected chi connectivity index (χ2v) is 11.9. The van der Waals surface area contributed by atoms with Crippen molar-refractivity contribution in [2.75, 3.05) is 33.1 Å². The first-order valence-electron chi connectivity index (χ1n) is 15.6. The van der Waals surface area contributed by atoms with Crippen LogP contribution in [0.15, 0.2) is 47.5 Å². The number of rotatable bonds is 14. The van der Waals surface area contributed by atoms with Crippen molar-refractivity contribution in [3.8, 4) is 35.0 Å². The van der Waals surface area contributed by atoms with Crippen LogP contribution in [0.2, 0.25) is 0 Å². The van der Waals surface area contributed by atoms with Crippen LogP contribution in [0, 0.1) is 23.9 Å². The lowest BCUT2D eigenvalue weighted by Crippen LogP contribution is -2.43. The normalized spacial score (nSPS) is 20.5. The largest absolute Gasteiger partial charge is 0.504 e. The predicted octanol–water partition coefficient (Wildman–Crippen LogP) is 4.42. The summed E-state index contributed by atoms with van der Waals surface area (Å²) in [7, 11) is 4.95. The second kappa shape index (κ2) is 16.0. The van der Waals surface area contributed by atoms with E-state index in [9.17, 15) is 19.8 Å². The van der Waals surface area contributed by atoms with Crippen molar-refractivity contribution in [2.24, 2.45) is 22.6 Å². The molecule has 1 aliphatic carbocycles.